The third-order valence-corrected chi connectivity index (χ3v) is 3.71. The Kier molecular flexibility index (Phi) is 5.31. The summed E-state index contributed by atoms with van der Waals surface area (Å²) >= 11 is 0. The number of methoxy groups -OCH3 is 1. The van der Waals surface area contributed by atoms with Gasteiger partial charge in [0.15, 0.2) is 0 Å². The van der Waals surface area contributed by atoms with Crippen LogP contribution in [-0.4, -0.2) is 22.0 Å². The Balaban J connectivity index is 1.92. The van der Waals surface area contributed by atoms with E-state index in [0.717, 1.165) is 11.3 Å². The van der Waals surface area contributed by atoms with E-state index in [4.69, 9.17) is 4.74 Å². The van der Waals surface area contributed by atoms with Gasteiger partial charge in [-0.05, 0) is 36.8 Å². The maximum Gasteiger partial charge on any atom is 0.355 e. The quantitative estimate of drug-likeness (QED) is 0.426. The fourth-order valence-electron chi connectivity index (χ4n) is 2.43. The highest BCUT2D eigenvalue weighted by atomic mass is 16.6. The van der Waals surface area contributed by atoms with Gasteiger partial charge in [-0.25, -0.2) is 9.97 Å². The summed E-state index contributed by atoms with van der Waals surface area (Å²) in [5.74, 6) is 0.634. The van der Waals surface area contributed by atoms with Crippen LogP contribution in [0.25, 0.3) is 0 Å². The van der Waals surface area contributed by atoms with Crippen LogP contribution in [0.5, 0.6) is 5.75 Å². The van der Waals surface area contributed by atoms with Gasteiger partial charge in [0.25, 0.3) is 0 Å². The molecule has 0 aliphatic heterocycles. The van der Waals surface area contributed by atoms with Crippen LogP contribution in [0, 0.1) is 17.0 Å². The zero-order chi connectivity index (χ0) is 19.2. The molecule has 9 nitrogen and oxygen atoms in total. The lowest BCUT2D eigenvalue weighted by atomic mass is 10.2. The number of nitrogens with zero attached hydrogens (tertiary/aromatic N) is 3. The van der Waals surface area contributed by atoms with Crippen LogP contribution in [0.15, 0.2) is 54.9 Å². The highest BCUT2D eigenvalue weighted by Crippen LogP contribution is 2.34. The third-order valence-electron chi connectivity index (χ3n) is 3.71. The topological polar surface area (TPSA) is 114 Å². The Hall–Kier alpha value is -3.88. The van der Waals surface area contributed by atoms with Crippen molar-refractivity contribution in [3.63, 3.8) is 0 Å². The van der Waals surface area contributed by atoms with Gasteiger partial charge in [-0.2, -0.15) is 0 Å². The SMILES string of the molecule is COc1ccc(C)cc1Nc1ncnc(NNc2ccccc2)c1[N+](=O)[O-]. The van der Waals surface area contributed by atoms with E-state index >= 15 is 0 Å². The van der Waals surface area contributed by atoms with Crippen molar-refractivity contribution in [3.05, 3.63) is 70.5 Å². The third kappa shape index (κ3) is 4.21. The van der Waals surface area contributed by atoms with Crippen molar-refractivity contribution in [2.24, 2.45) is 0 Å². The Labute approximate surface area is 155 Å². The molecule has 0 aliphatic carbocycles. The van der Waals surface area contributed by atoms with Crippen molar-refractivity contribution in [2.75, 3.05) is 23.3 Å². The fourth-order valence-corrected chi connectivity index (χ4v) is 2.43. The molecule has 0 saturated heterocycles. The molecule has 3 rings (SSSR count). The second-order valence-corrected chi connectivity index (χ2v) is 5.62. The predicted octanol–water partition coefficient (Wildman–Crippen LogP) is 3.88. The molecular weight excluding hydrogens is 348 g/mol. The van der Waals surface area contributed by atoms with E-state index in [9.17, 15) is 10.1 Å². The standard InChI is InChI=1S/C18H18N6O3/c1-12-8-9-15(27-2)14(10-12)21-17-16(24(25)26)18(20-11-19-17)23-22-13-6-4-3-5-7-13/h3-11,22H,1-2H3,(H2,19,20,21,23). The molecule has 27 heavy (non-hydrogen) atoms. The molecule has 0 aliphatic rings. The number of hydrogen-bond acceptors (Lipinski definition) is 8. The molecule has 0 spiro atoms. The van der Waals surface area contributed by atoms with Crippen molar-refractivity contribution >= 4 is 28.7 Å². The molecule has 1 aromatic heterocycles. The van der Waals surface area contributed by atoms with E-state index in [1.165, 1.54) is 13.4 Å². The average Bonchev–Trinajstić information content (AvgIpc) is 2.67. The minimum Gasteiger partial charge on any atom is -0.495 e. The maximum absolute atomic E-state index is 11.7. The van der Waals surface area contributed by atoms with Crippen LogP contribution in [-0.2, 0) is 0 Å². The number of rotatable bonds is 7. The van der Waals surface area contributed by atoms with Gasteiger partial charge in [0.1, 0.15) is 12.1 Å². The summed E-state index contributed by atoms with van der Waals surface area (Å²) in [5.41, 5.74) is 7.64. The molecule has 2 aromatic carbocycles. The summed E-state index contributed by atoms with van der Waals surface area (Å²) in [7, 11) is 1.53. The molecule has 0 atom stereocenters. The number of aryl methyl sites for hydroxylation is 1. The molecule has 1 heterocycles. The largest absolute Gasteiger partial charge is 0.495 e. The van der Waals surface area contributed by atoms with Gasteiger partial charge >= 0.3 is 5.69 Å². The first kappa shape index (κ1) is 17.9. The van der Waals surface area contributed by atoms with Crippen molar-refractivity contribution < 1.29 is 9.66 Å². The van der Waals surface area contributed by atoms with Gasteiger partial charge in [-0.1, -0.05) is 24.3 Å². The summed E-state index contributed by atoms with van der Waals surface area (Å²) in [5, 5.41) is 14.6. The minimum atomic E-state index is -0.542. The molecule has 0 amide bonds. The molecule has 138 valence electrons. The number of nitro groups is 1. The second-order valence-electron chi connectivity index (χ2n) is 5.62. The van der Waals surface area contributed by atoms with Crippen molar-refractivity contribution in [1.82, 2.24) is 9.97 Å². The lowest BCUT2D eigenvalue weighted by Crippen LogP contribution is -2.13. The van der Waals surface area contributed by atoms with Crippen molar-refractivity contribution in [3.8, 4) is 5.75 Å². The summed E-state index contributed by atoms with van der Waals surface area (Å²) in [6.07, 6.45) is 1.24. The number of para-hydroxylation sites is 1. The minimum absolute atomic E-state index is 0.0352. The molecule has 0 unspecified atom stereocenters. The highest BCUT2D eigenvalue weighted by molar-refractivity contribution is 5.76. The Morgan fingerprint density at radius 3 is 2.48 bits per heavy atom. The second kappa shape index (κ2) is 8.00. The monoisotopic (exact) mass is 366 g/mol. The van der Waals surface area contributed by atoms with E-state index in [-0.39, 0.29) is 17.3 Å². The van der Waals surface area contributed by atoms with Crippen molar-refractivity contribution in [1.29, 1.82) is 0 Å². The summed E-state index contributed by atoms with van der Waals surface area (Å²) in [6, 6.07) is 14.7. The first-order valence-corrected chi connectivity index (χ1v) is 8.06. The van der Waals surface area contributed by atoms with Gasteiger partial charge in [0.05, 0.1) is 23.4 Å². The average molecular weight is 366 g/mol. The Morgan fingerprint density at radius 2 is 1.78 bits per heavy atom. The Bertz CT molecular complexity index is 949. The van der Waals surface area contributed by atoms with Gasteiger partial charge in [0, 0.05) is 0 Å². The van der Waals surface area contributed by atoms with Crippen LogP contribution >= 0.6 is 0 Å². The van der Waals surface area contributed by atoms with Gasteiger partial charge in [-0.3, -0.25) is 21.0 Å². The van der Waals surface area contributed by atoms with E-state index in [2.05, 4.69) is 26.1 Å². The van der Waals surface area contributed by atoms with Crippen LogP contribution in [0.4, 0.5) is 28.7 Å². The molecular formula is C18H18N6O3. The zero-order valence-electron chi connectivity index (χ0n) is 14.8. The fraction of sp³-hybridized carbons (Fsp3) is 0.111. The van der Waals surface area contributed by atoms with E-state index in [1.54, 1.807) is 6.07 Å². The van der Waals surface area contributed by atoms with E-state index < -0.39 is 4.92 Å². The first-order valence-electron chi connectivity index (χ1n) is 8.06. The number of ether oxygens (including phenoxy) is 1. The number of anilines is 4. The zero-order valence-corrected chi connectivity index (χ0v) is 14.8. The number of hydrazine groups is 1. The van der Waals surface area contributed by atoms with Crippen LogP contribution in [0.2, 0.25) is 0 Å². The van der Waals surface area contributed by atoms with Gasteiger partial charge < -0.3 is 10.1 Å². The van der Waals surface area contributed by atoms with Crippen molar-refractivity contribution in [2.45, 2.75) is 6.92 Å². The van der Waals surface area contributed by atoms with Crippen LogP contribution < -0.4 is 20.9 Å². The molecule has 3 aromatic rings. The molecule has 3 N–H and O–H groups in total. The normalized spacial score (nSPS) is 10.1. The molecule has 9 heteroatoms. The summed E-state index contributed by atoms with van der Waals surface area (Å²) in [6.45, 7) is 1.91. The molecule has 0 saturated carbocycles. The number of aromatic nitrogens is 2. The van der Waals surface area contributed by atoms with Gasteiger partial charge in [0.2, 0.25) is 11.6 Å². The van der Waals surface area contributed by atoms with Crippen LogP contribution in [0.1, 0.15) is 5.56 Å². The first-order chi connectivity index (χ1) is 13.1. The molecule has 0 fully saturated rings. The van der Waals surface area contributed by atoms with Gasteiger partial charge in [-0.15, -0.1) is 0 Å². The van der Waals surface area contributed by atoms with E-state index in [1.807, 2.05) is 49.4 Å². The van der Waals surface area contributed by atoms with Crippen LogP contribution in [0.3, 0.4) is 0 Å². The maximum atomic E-state index is 11.7. The number of hydrogen-bond donors (Lipinski definition) is 3. The lowest BCUT2D eigenvalue weighted by molar-refractivity contribution is -0.383. The molecule has 0 bridgehead atoms. The number of nitrogens with one attached hydrogen (secondary N) is 3. The summed E-state index contributed by atoms with van der Waals surface area (Å²) in [4.78, 5) is 19.1. The lowest BCUT2D eigenvalue weighted by Gasteiger charge is -2.13. The predicted molar refractivity (Wildman–Crippen MR) is 103 cm³/mol. The summed E-state index contributed by atoms with van der Waals surface area (Å²) < 4.78 is 5.30. The Morgan fingerprint density at radius 1 is 1.04 bits per heavy atom. The smallest absolute Gasteiger partial charge is 0.355 e. The highest BCUT2D eigenvalue weighted by Gasteiger charge is 2.24. The molecule has 0 radical (unpaired) electrons. The number of benzene rings is 2. The van der Waals surface area contributed by atoms with E-state index in [0.29, 0.717) is 11.4 Å².